The zero-order chi connectivity index (χ0) is 36.5. The number of hydrogen-bond donors (Lipinski definition) is 1. The average molecular weight is 713 g/mol. The molecular formula is C39H71NO8P+. The number of allylic oxidation sites excluding steroid dienone is 8. The molecule has 0 radical (unpaired) electrons. The van der Waals surface area contributed by atoms with Gasteiger partial charge in [-0.2, -0.15) is 0 Å². The molecule has 0 heterocycles. The van der Waals surface area contributed by atoms with Crippen LogP contribution in [-0.4, -0.2) is 74.9 Å². The Morgan fingerprint density at radius 2 is 1.16 bits per heavy atom. The third-order valence-corrected chi connectivity index (χ3v) is 8.61. The number of hydrogen-bond acceptors (Lipinski definition) is 7. The minimum absolute atomic E-state index is 0.0254. The van der Waals surface area contributed by atoms with Crippen LogP contribution in [-0.2, 0) is 32.7 Å². The molecule has 0 aromatic heterocycles. The first-order valence-corrected chi connectivity index (χ1v) is 20.4. The molecular weight excluding hydrogens is 641 g/mol. The summed E-state index contributed by atoms with van der Waals surface area (Å²) >= 11 is 0. The molecule has 2 unspecified atom stereocenters. The molecule has 2 atom stereocenters. The fraction of sp³-hybridized carbons (Fsp3) is 0.744. The van der Waals surface area contributed by atoms with Gasteiger partial charge in [-0.1, -0.05) is 120 Å². The van der Waals surface area contributed by atoms with Crippen molar-refractivity contribution < 1.29 is 42.1 Å². The first-order chi connectivity index (χ1) is 23.5. The van der Waals surface area contributed by atoms with E-state index in [-0.39, 0.29) is 32.0 Å². The van der Waals surface area contributed by atoms with Gasteiger partial charge in [0.15, 0.2) is 6.10 Å². The van der Waals surface area contributed by atoms with Crippen molar-refractivity contribution in [2.45, 2.75) is 142 Å². The molecule has 0 aromatic rings. The minimum Gasteiger partial charge on any atom is -0.462 e. The molecule has 49 heavy (non-hydrogen) atoms. The standard InChI is InChI=1S/C39H70NO8P/c1-6-8-10-12-14-16-17-18-19-20-21-22-23-24-26-28-30-32-39(42)48-37(36-47-49(43,44)46-34-33-40(3,4)5)35-45-38(41)31-29-27-25-15-13-11-9-7-2/h8,10,14,16,18-19,21-22,37H,6-7,9,11-13,15,17,20,23-36H2,1-5H3/p+1/b10-8-,16-14-,19-18-,22-21-. The Labute approximate surface area is 299 Å². The lowest BCUT2D eigenvalue weighted by Crippen LogP contribution is -2.37. The van der Waals surface area contributed by atoms with Crippen LogP contribution in [0.1, 0.15) is 136 Å². The van der Waals surface area contributed by atoms with E-state index in [2.05, 4.69) is 62.5 Å². The van der Waals surface area contributed by atoms with Crippen LogP contribution in [0.3, 0.4) is 0 Å². The fourth-order valence-electron chi connectivity index (χ4n) is 4.65. The average Bonchev–Trinajstić information content (AvgIpc) is 3.04. The molecule has 0 aliphatic rings. The molecule has 0 fully saturated rings. The molecule has 0 saturated heterocycles. The summed E-state index contributed by atoms with van der Waals surface area (Å²) in [5.74, 6) is -0.836. The van der Waals surface area contributed by atoms with E-state index in [0.29, 0.717) is 17.4 Å². The Morgan fingerprint density at radius 3 is 1.73 bits per heavy atom. The smallest absolute Gasteiger partial charge is 0.462 e. The van der Waals surface area contributed by atoms with Crippen LogP contribution >= 0.6 is 7.82 Å². The van der Waals surface area contributed by atoms with E-state index in [0.717, 1.165) is 70.6 Å². The summed E-state index contributed by atoms with van der Waals surface area (Å²) in [4.78, 5) is 35.1. The van der Waals surface area contributed by atoms with E-state index < -0.39 is 26.5 Å². The number of ether oxygens (including phenoxy) is 2. The highest BCUT2D eigenvalue weighted by Crippen LogP contribution is 2.43. The molecule has 0 saturated carbocycles. The third kappa shape index (κ3) is 35.6. The molecule has 9 nitrogen and oxygen atoms in total. The largest absolute Gasteiger partial charge is 0.472 e. The van der Waals surface area contributed by atoms with Crippen molar-refractivity contribution in [1.29, 1.82) is 0 Å². The summed E-state index contributed by atoms with van der Waals surface area (Å²) in [7, 11) is 1.45. The zero-order valence-electron chi connectivity index (χ0n) is 31.7. The van der Waals surface area contributed by atoms with Crippen molar-refractivity contribution >= 4 is 19.8 Å². The van der Waals surface area contributed by atoms with Gasteiger partial charge < -0.3 is 18.9 Å². The van der Waals surface area contributed by atoms with Crippen molar-refractivity contribution in [3.05, 3.63) is 48.6 Å². The van der Waals surface area contributed by atoms with Gasteiger partial charge in [0, 0.05) is 12.8 Å². The Balaban J connectivity index is 4.46. The van der Waals surface area contributed by atoms with Gasteiger partial charge in [-0.3, -0.25) is 18.6 Å². The van der Waals surface area contributed by atoms with Crippen LogP contribution in [0.15, 0.2) is 48.6 Å². The number of unbranched alkanes of at least 4 members (excludes halogenated alkanes) is 11. The van der Waals surface area contributed by atoms with Gasteiger partial charge in [0.2, 0.25) is 0 Å². The molecule has 1 N–H and O–H groups in total. The first-order valence-electron chi connectivity index (χ1n) is 18.9. The van der Waals surface area contributed by atoms with E-state index >= 15 is 0 Å². The van der Waals surface area contributed by atoms with E-state index in [9.17, 15) is 19.0 Å². The summed E-state index contributed by atoms with van der Waals surface area (Å²) < 4.78 is 34.0. The normalized spacial score (nSPS) is 14.3. The molecule has 0 rings (SSSR count). The molecule has 10 heteroatoms. The summed E-state index contributed by atoms with van der Waals surface area (Å²) in [5, 5.41) is 0. The summed E-state index contributed by atoms with van der Waals surface area (Å²) in [6.45, 7) is 4.22. The molecule has 0 bridgehead atoms. The second-order valence-corrected chi connectivity index (χ2v) is 15.0. The Kier molecular flexibility index (Phi) is 30.6. The molecule has 284 valence electrons. The lowest BCUT2D eigenvalue weighted by molar-refractivity contribution is -0.870. The van der Waals surface area contributed by atoms with Crippen LogP contribution in [0, 0.1) is 0 Å². The molecule has 0 aliphatic heterocycles. The minimum atomic E-state index is -4.37. The Bertz CT molecular complexity index is 986. The maximum absolute atomic E-state index is 12.6. The number of phosphoric ester groups is 1. The van der Waals surface area contributed by atoms with Gasteiger partial charge in [0.05, 0.1) is 27.7 Å². The first kappa shape index (κ1) is 47.0. The van der Waals surface area contributed by atoms with Crippen LogP contribution < -0.4 is 0 Å². The topological polar surface area (TPSA) is 108 Å². The van der Waals surface area contributed by atoms with Gasteiger partial charge in [-0.25, -0.2) is 4.57 Å². The lowest BCUT2D eigenvalue weighted by Gasteiger charge is -2.24. The van der Waals surface area contributed by atoms with Crippen LogP contribution in [0.5, 0.6) is 0 Å². The van der Waals surface area contributed by atoms with Crippen LogP contribution in [0.2, 0.25) is 0 Å². The summed E-state index contributed by atoms with van der Waals surface area (Å²) in [5.41, 5.74) is 0. The number of esters is 2. The Morgan fingerprint density at radius 1 is 0.653 bits per heavy atom. The molecule has 0 aliphatic carbocycles. The number of quaternary nitrogens is 1. The molecule has 0 aromatic carbocycles. The van der Waals surface area contributed by atoms with Gasteiger partial charge in [0.1, 0.15) is 19.8 Å². The Hall–Kier alpha value is -2.03. The van der Waals surface area contributed by atoms with Crippen LogP contribution in [0.4, 0.5) is 0 Å². The number of likely N-dealkylation sites (N-methyl/N-ethyl adjacent to an activating group) is 1. The van der Waals surface area contributed by atoms with Gasteiger partial charge >= 0.3 is 19.8 Å². The zero-order valence-corrected chi connectivity index (χ0v) is 32.6. The fourth-order valence-corrected chi connectivity index (χ4v) is 5.39. The summed E-state index contributed by atoms with van der Waals surface area (Å²) in [6, 6.07) is 0. The van der Waals surface area contributed by atoms with Crippen molar-refractivity contribution in [3.8, 4) is 0 Å². The van der Waals surface area contributed by atoms with Gasteiger partial charge in [-0.15, -0.1) is 0 Å². The predicted octanol–water partition coefficient (Wildman–Crippen LogP) is 9.96. The monoisotopic (exact) mass is 712 g/mol. The van der Waals surface area contributed by atoms with E-state index in [1.54, 1.807) is 0 Å². The van der Waals surface area contributed by atoms with Crippen molar-refractivity contribution in [2.24, 2.45) is 0 Å². The number of carbonyl (C=O) groups is 2. The van der Waals surface area contributed by atoms with Gasteiger partial charge in [-0.05, 0) is 51.4 Å². The van der Waals surface area contributed by atoms with Crippen molar-refractivity contribution in [3.63, 3.8) is 0 Å². The molecule has 0 spiro atoms. The number of rotatable bonds is 33. The quantitative estimate of drug-likeness (QED) is 0.0236. The van der Waals surface area contributed by atoms with E-state index in [4.69, 9.17) is 18.5 Å². The van der Waals surface area contributed by atoms with E-state index in [1.165, 1.54) is 32.1 Å². The second kappa shape index (κ2) is 31.9. The third-order valence-electron chi connectivity index (χ3n) is 7.62. The van der Waals surface area contributed by atoms with E-state index in [1.807, 2.05) is 21.1 Å². The number of carbonyl (C=O) groups excluding carboxylic acids is 2. The second-order valence-electron chi connectivity index (χ2n) is 13.6. The molecule has 0 amide bonds. The van der Waals surface area contributed by atoms with Gasteiger partial charge in [0.25, 0.3) is 0 Å². The maximum atomic E-state index is 12.6. The number of nitrogens with zero attached hydrogens (tertiary/aromatic N) is 1. The SMILES string of the molecule is CC/C=C\C/C=C\C/C=C\C/C=C\CCCCCCC(=O)OC(COC(=O)CCCCCCCCCC)COP(=O)(O)OCC[N+](C)(C)C. The predicted molar refractivity (Wildman–Crippen MR) is 201 cm³/mol. The van der Waals surface area contributed by atoms with Crippen molar-refractivity contribution in [2.75, 3.05) is 47.5 Å². The highest BCUT2D eigenvalue weighted by molar-refractivity contribution is 7.47. The maximum Gasteiger partial charge on any atom is 0.472 e. The lowest BCUT2D eigenvalue weighted by atomic mass is 10.1. The highest BCUT2D eigenvalue weighted by atomic mass is 31.2. The highest BCUT2D eigenvalue weighted by Gasteiger charge is 2.27. The number of phosphoric acid groups is 1. The van der Waals surface area contributed by atoms with Crippen LogP contribution in [0.25, 0.3) is 0 Å². The summed E-state index contributed by atoms with van der Waals surface area (Å²) in [6.07, 6.45) is 34.5. The van der Waals surface area contributed by atoms with Crippen molar-refractivity contribution in [1.82, 2.24) is 0 Å².